The minimum Gasteiger partial charge on any atom is -0.497 e. The summed E-state index contributed by atoms with van der Waals surface area (Å²) < 4.78 is 5.00. The number of anilines is 1. The average molecular weight is 219 g/mol. The predicted octanol–water partition coefficient (Wildman–Crippen LogP) is 0.747. The number of amides is 1. The van der Waals surface area contributed by atoms with Gasteiger partial charge in [-0.2, -0.15) is 5.26 Å². The Morgan fingerprint density at radius 1 is 1.44 bits per heavy atom. The second kappa shape index (κ2) is 6.30. The van der Waals surface area contributed by atoms with Gasteiger partial charge in [-0.1, -0.05) is 0 Å². The van der Waals surface area contributed by atoms with Crippen LogP contribution in [-0.2, 0) is 4.79 Å². The molecule has 0 radical (unpaired) electrons. The van der Waals surface area contributed by atoms with Crippen LogP contribution in [0.3, 0.4) is 0 Å². The highest BCUT2D eigenvalue weighted by atomic mass is 16.5. The van der Waals surface area contributed by atoms with E-state index in [4.69, 9.17) is 10.00 Å². The molecule has 0 heterocycles. The summed E-state index contributed by atoms with van der Waals surface area (Å²) in [6.07, 6.45) is 0. The first-order valence-corrected chi connectivity index (χ1v) is 4.78. The van der Waals surface area contributed by atoms with Crippen molar-refractivity contribution in [3.63, 3.8) is 0 Å². The Morgan fingerprint density at radius 3 is 2.69 bits per heavy atom. The predicted molar refractivity (Wildman–Crippen MR) is 60.1 cm³/mol. The lowest BCUT2D eigenvalue weighted by atomic mass is 10.3. The van der Waals surface area contributed by atoms with Crippen LogP contribution < -0.4 is 15.4 Å². The van der Waals surface area contributed by atoms with E-state index >= 15 is 0 Å². The topological polar surface area (TPSA) is 74.2 Å². The van der Waals surface area contributed by atoms with Gasteiger partial charge in [0.2, 0.25) is 5.91 Å². The van der Waals surface area contributed by atoms with Gasteiger partial charge < -0.3 is 15.4 Å². The molecule has 0 spiro atoms. The van der Waals surface area contributed by atoms with E-state index < -0.39 is 0 Å². The van der Waals surface area contributed by atoms with Crippen molar-refractivity contribution in [3.05, 3.63) is 24.3 Å². The molecule has 1 aromatic carbocycles. The Kier molecular flexibility index (Phi) is 4.67. The molecule has 0 fully saturated rings. The van der Waals surface area contributed by atoms with Crippen LogP contribution in [0.5, 0.6) is 5.75 Å². The van der Waals surface area contributed by atoms with Crippen molar-refractivity contribution in [2.75, 3.05) is 25.5 Å². The monoisotopic (exact) mass is 219 g/mol. The normalized spacial score (nSPS) is 9.00. The molecular weight excluding hydrogens is 206 g/mol. The van der Waals surface area contributed by atoms with E-state index in [2.05, 4.69) is 10.6 Å². The number of hydrogen-bond acceptors (Lipinski definition) is 4. The first kappa shape index (κ1) is 11.9. The molecule has 0 bridgehead atoms. The van der Waals surface area contributed by atoms with Crippen LogP contribution in [0.1, 0.15) is 0 Å². The van der Waals surface area contributed by atoms with Gasteiger partial charge in [-0.25, -0.2) is 0 Å². The van der Waals surface area contributed by atoms with Crippen molar-refractivity contribution < 1.29 is 9.53 Å². The minimum absolute atomic E-state index is 0.0309. The molecule has 16 heavy (non-hydrogen) atoms. The van der Waals surface area contributed by atoms with Gasteiger partial charge in [0, 0.05) is 5.69 Å². The zero-order valence-corrected chi connectivity index (χ0v) is 8.99. The standard InChI is InChI=1S/C11H13N3O2/c1-16-10-4-2-9(3-5-10)14-8-11(15)13-7-6-12/h2-5,14H,7-8H2,1H3,(H,13,15). The number of rotatable bonds is 5. The fourth-order valence-corrected chi connectivity index (χ4v) is 1.09. The third kappa shape index (κ3) is 3.88. The van der Waals surface area contributed by atoms with Crippen molar-refractivity contribution >= 4 is 11.6 Å². The highest BCUT2D eigenvalue weighted by Gasteiger charge is 1.99. The molecule has 0 aliphatic carbocycles. The molecule has 5 heteroatoms. The summed E-state index contributed by atoms with van der Waals surface area (Å²) in [5, 5.41) is 13.6. The van der Waals surface area contributed by atoms with Gasteiger partial charge in [0.15, 0.2) is 0 Å². The summed E-state index contributed by atoms with van der Waals surface area (Å²) in [7, 11) is 1.60. The van der Waals surface area contributed by atoms with E-state index in [-0.39, 0.29) is 19.0 Å². The van der Waals surface area contributed by atoms with Gasteiger partial charge in [0.25, 0.3) is 0 Å². The number of nitrogens with zero attached hydrogens (tertiary/aromatic N) is 1. The lowest BCUT2D eigenvalue weighted by molar-refractivity contribution is -0.119. The number of carbonyl (C=O) groups is 1. The summed E-state index contributed by atoms with van der Waals surface area (Å²) in [5.74, 6) is 0.553. The zero-order valence-electron chi connectivity index (χ0n) is 8.99. The molecular formula is C11H13N3O2. The molecule has 2 N–H and O–H groups in total. The molecule has 0 unspecified atom stereocenters. The summed E-state index contributed by atoms with van der Waals surface area (Å²) >= 11 is 0. The van der Waals surface area contributed by atoms with Crippen LogP contribution in [0.4, 0.5) is 5.69 Å². The van der Waals surface area contributed by atoms with E-state index in [0.717, 1.165) is 11.4 Å². The molecule has 0 aliphatic heterocycles. The van der Waals surface area contributed by atoms with Crippen LogP contribution in [0, 0.1) is 11.3 Å². The second-order valence-electron chi connectivity index (χ2n) is 3.02. The average Bonchev–Trinajstić information content (AvgIpc) is 2.34. The molecule has 1 aromatic rings. The number of ether oxygens (including phenoxy) is 1. The highest BCUT2D eigenvalue weighted by molar-refractivity contribution is 5.80. The van der Waals surface area contributed by atoms with Crippen molar-refractivity contribution in [2.24, 2.45) is 0 Å². The van der Waals surface area contributed by atoms with Gasteiger partial charge in [-0.15, -0.1) is 0 Å². The first-order chi connectivity index (χ1) is 7.76. The number of nitriles is 1. The number of carbonyl (C=O) groups excluding carboxylic acids is 1. The summed E-state index contributed by atoms with van der Waals surface area (Å²) in [6, 6.07) is 9.07. The van der Waals surface area contributed by atoms with Crippen LogP contribution >= 0.6 is 0 Å². The highest BCUT2D eigenvalue weighted by Crippen LogP contribution is 2.14. The molecule has 0 atom stereocenters. The fourth-order valence-electron chi connectivity index (χ4n) is 1.09. The largest absolute Gasteiger partial charge is 0.497 e. The van der Waals surface area contributed by atoms with Crippen LogP contribution in [-0.4, -0.2) is 26.1 Å². The van der Waals surface area contributed by atoms with Crippen molar-refractivity contribution in [1.82, 2.24) is 5.32 Å². The van der Waals surface area contributed by atoms with Gasteiger partial charge >= 0.3 is 0 Å². The Hall–Kier alpha value is -2.22. The summed E-state index contributed by atoms with van der Waals surface area (Å²) in [6.45, 7) is 0.178. The molecule has 0 saturated heterocycles. The number of nitrogens with one attached hydrogen (secondary N) is 2. The maximum Gasteiger partial charge on any atom is 0.240 e. The first-order valence-electron chi connectivity index (χ1n) is 4.78. The number of benzene rings is 1. The second-order valence-corrected chi connectivity index (χ2v) is 3.02. The van der Waals surface area contributed by atoms with Gasteiger partial charge in [0.05, 0.1) is 19.7 Å². The van der Waals surface area contributed by atoms with E-state index in [1.54, 1.807) is 19.2 Å². The molecule has 1 amide bonds. The molecule has 0 aliphatic rings. The van der Waals surface area contributed by atoms with Crippen molar-refractivity contribution in [1.29, 1.82) is 5.26 Å². The Balaban J connectivity index is 2.37. The van der Waals surface area contributed by atoms with E-state index in [1.807, 2.05) is 18.2 Å². The van der Waals surface area contributed by atoms with Crippen molar-refractivity contribution in [3.8, 4) is 11.8 Å². The van der Waals surface area contributed by atoms with Crippen LogP contribution in [0.25, 0.3) is 0 Å². The third-order valence-corrected chi connectivity index (χ3v) is 1.91. The third-order valence-electron chi connectivity index (χ3n) is 1.91. The maximum atomic E-state index is 11.1. The SMILES string of the molecule is COc1ccc(NCC(=O)NCC#N)cc1. The molecule has 1 rings (SSSR count). The lowest BCUT2D eigenvalue weighted by Crippen LogP contribution is -2.29. The molecule has 5 nitrogen and oxygen atoms in total. The Bertz CT molecular complexity index is 381. The van der Waals surface area contributed by atoms with Gasteiger partial charge in [-0.05, 0) is 24.3 Å². The summed E-state index contributed by atoms with van der Waals surface area (Å²) in [4.78, 5) is 11.1. The quantitative estimate of drug-likeness (QED) is 0.716. The summed E-state index contributed by atoms with van der Waals surface area (Å²) in [5.41, 5.74) is 0.827. The molecule has 0 aromatic heterocycles. The zero-order chi connectivity index (χ0) is 11.8. The van der Waals surface area contributed by atoms with E-state index in [0.29, 0.717) is 0 Å². The smallest absolute Gasteiger partial charge is 0.240 e. The minimum atomic E-state index is -0.211. The maximum absolute atomic E-state index is 11.1. The van der Waals surface area contributed by atoms with E-state index in [9.17, 15) is 4.79 Å². The van der Waals surface area contributed by atoms with Crippen LogP contribution in [0.15, 0.2) is 24.3 Å². The van der Waals surface area contributed by atoms with Gasteiger partial charge in [-0.3, -0.25) is 4.79 Å². The Morgan fingerprint density at radius 2 is 2.12 bits per heavy atom. The fraction of sp³-hybridized carbons (Fsp3) is 0.273. The number of hydrogen-bond donors (Lipinski definition) is 2. The van der Waals surface area contributed by atoms with Gasteiger partial charge in [0.1, 0.15) is 12.3 Å². The molecule has 84 valence electrons. The lowest BCUT2D eigenvalue weighted by Gasteiger charge is -2.06. The number of methoxy groups -OCH3 is 1. The molecule has 0 saturated carbocycles. The van der Waals surface area contributed by atoms with E-state index in [1.165, 1.54) is 0 Å². The Labute approximate surface area is 94.0 Å². The van der Waals surface area contributed by atoms with Crippen LogP contribution in [0.2, 0.25) is 0 Å². The van der Waals surface area contributed by atoms with Crippen molar-refractivity contribution in [2.45, 2.75) is 0 Å².